The van der Waals surface area contributed by atoms with Crippen LogP contribution < -0.4 is 4.90 Å². The molecule has 2 aliphatic rings. The SMILES string of the molecule is CC1=Nc2ccnn2C(c2nccs2)C1C(=O)N1CCN(c2ccc(F)cc2)CC1. The largest absolute Gasteiger partial charge is 0.368 e. The highest BCUT2D eigenvalue weighted by molar-refractivity contribution is 7.09. The molecular formula is C21H21FN6OS. The second-order valence-corrected chi connectivity index (χ2v) is 8.39. The molecule has 0 N–H and O–H groups in total. The first-order valence-electron chi connectivity index (χ1n) is 9.89. The van der Waals surface area contributed by atoms with Crippen LogP contribution in [0.3, 0.4) is 0 Å². The van der Waals surface area contributed by atoms with Crippen molar-refractivity contribution >= 4 is 34.5 Å². The number of hydrogen-bond donors (Lipinski definition) is 0. The molecule has 1 saturated heterocycles. The average molecular weight is 425 g/mol. The van der Waals surface area contributed by atoms with E-state index in [-0.39, 0.29) is 17.8 Å². The minimum atomic E-state index is -0.430. The van der Waals surface area contributed by atoms with Crippen LogP contribution in [0, 0.1) is 11.7 Å². The van der Waals surface area contributed by atoms with E-state index in [2.05, 4.69) is 20.0 Å². The van der Waals surface area contributed by atoms with Gasteiger partial charge in [-0.3, -0.25) is 4.79 Å². The van der Waals surface area contributed by atoms with Gasteiger partial charge in [0, 0.05) is 55.2 Å². The van der Waals surface area contributed by atoms with Crippen LogP contribution in [0.4, 0.5) is 15.9 Å². The molecule has 3 aromatic rings. The summed E-state index contributed by atoms with van der Waals surface area (Å²) in [7, 11) is 0. The van der Waals surface area contributed by atoms with Crippen LogP contribution in [-0.2, 0) is 4.79 Å². The van der Waals surface area contributed by atoms with Crippen molar-refractivity contribution in [1.29, 1.82) is 0 Å². The van der Waals surface area contributed by atoms with Gasteiger partial charge in [0.25, 0.3) is 0 Å². The van der Waals surface area contributed by atoms with E-state index in [1.54, 1.807) is 24.5 Å². The average Bonchev–Trinajstić information content (AvgIpc) is 3.45. The summed E-state index contributed by atoms with van der Waals surface area (Å²) in [6.45, 7) is 4.53. The van der Waals surface area contributed by atoms with Crippen molar-refractivity contribution in [3.8, 4) is 0 Å². The quantitative estimate of drug-likeness (QED) is 0.648. The number of carbonyl (C=O) groups is 1. The topological polar surface area (TPSA) is 66.6 Å². The highest BCUT2D eigenvalue weighted by atomic mass is 32.1. The van der Waals surface area contributed by atoms with Gasteiger partial charge in [-0.25, -0.2) is 19.0 Å². The summed E-state index contributed by atoms with van der Waals surface area (Å²) in [5, 5.41) is 7.21. The van der Waals surface area contributed by atoms with Crippen LogP contribution in [0.25, 0.3) is 0 Å². The molecule has 2 unspecified atom stereocenters. The lowest BCUT2D eigenvalue weighted by Gasteiger charge is -2.39. The Morgan fingerprint density at radius 3 is 2.57 bits per heavy atom. The van der Waals surface area contributed by atoms with Gasteiger partial charge in [0.05, 0.1) is 6.20 Å². The molecule has 7 nitrogen and oxygen atoms in total. The van der Waals surface area contributed by atoms with Gasteiger partial charge in [-0.05, 0) is 31.2 Å². The van der Waals surface area contributed by atoms with Gasteiger partial charge in [-0.15, -0.1) is 11.3 Å². The van der Waals surface area contributed by atoms with Gasteiger partial charge in [0.15, 0.2) is 5.82 Å². The Kier molecular flexibility index (Phi) is 4.82. The highest BCUT2D eigenvalue weighted by Gasteiger charge is 2.41. The summed E-state index contributed by atoms with van der Waals surface area (Å²) >= 11 is 1.53. The van der Waals surface area contributed by atoms with Crippen LogP contribution in [0.5, 0.6) is 0 Å². The molecule has 1 aromatic carbocycles. The molecule has 0 radical (unpaired) electrons. The van der Waals surface area contributed by atoms with Gasteiger partial charge in [-0.1, -0.05) is 0 Å². The number of amides is 1. The number of hydrogen-bond acceptors (Lipinski definition) is 6. The fraction of sp³-hybridized carbons (Fsp3) is 0.333. The third-order valence-corrected chi connectivity index (χ3v) is 6.57. The maximum Gasteiger partial charge on any atom is 0.234 e. The molecular weight excluding hydrogens is 403 g/mol. The predicted octanol–water partition coefficient (Wildman–Crippen LogP) is 3.14. The molecule has 0 saturated carbocycles. The number of fused-ring (bicyclic) bond motifs is 1. The summed E-state index contributed by atoms with van der Waals surface area (Å²) in [6.07, 6.45) is 3.47. The number of benzene rings is 1. The van der Waals surface area contributed by atoms with Crippen LogP contribution in [0.15, 0.2) is 53.1 Å². The van der Waals surface area contributed by atoms with E-state index in [4.69, 9.17) is 0 Å². The molecule has 0 spiro atoms. The Hall–Kier alpha value is -3.07. The molecule has 0 aliphatic carbocycles. The van der Waals surface area contributed by atoms with E-state index in [9.17, 15) is 9.18 Å². The van der Waals surface area contributed by atoms with Crippen molar-refractivity contribution < 1.29 is 9.18 Å². The van der Waals surface area contributed by atoms with E-state index in [1.165, 1.54) is 23.5 Å². The first kappa shape index (κ1) is 18.9. The molecule has 9 heteroatoms. The third-order valence-electron chi connectivity index (χ3n) is 5.72. The smallest absolute Gasteiger partial charge is 0.234 e. The Balaban J connectivity index is 1.37. The lowest BCUT2D eigenvalue weighted by Crippen LogP contribution is -2.53. The predicted molar refractivity (Wildman–Crippen MR) is 114 cm³/mol. The second kappa shape index (κ2) is 7.64. The van der Waals surface area contributed by atoms with Gasteiger partial charge >= 0.3 is 0 Å². The molecule has 2 atom stereocenters. The molecule has 1 fully saturated rings. The Morgan fingerprint density at radius 2 is 1.87 bits per heavy atom. The highest BCUT2D eigenvalue weighted by Crippen LogP contribution is 2.37. The van der Waals surface area contributed by atoms with Gasteiger partial charge < -0.3 is 9.80 Å². The summed E-state index contributed by atoms with van der Waals surface area (Å²) in [6, 6.07) is 8.07. The minimum Gasteiger partial charge on any atom is -0.368 e. The number of carbonyl (C=O) groups excluding carboxylic acids is 1. The monoisotopic (exact) mass is 424 g/mol. The maximum absolute atomic E-state index is 13.6. The van der Waals surface area contributed by atoms with Gasteiger partial charge in [-0.2, -0.15) is 5.10 Å². The molecule has 154 valence electrons. The standard InChI is InChI=1S/C21H21FN6OS/c1-14-18(19(20-23-8-13-30-20)28-17(25-14)6-7-24-28)21(29)27-11-9-26(10-12-27)16-4-2-15(22)3-5-16/h2-8,13,18-19H,9-12H2,1H3. The molecule has 4 heterocycles. The fourth-order valence-electron chi connectivity index (χ4n) is 4.21. The minimum absolute atomic E-state index is 0.0522. The summed E-state index contributed by atoms with van der Waals surface area (Å²) < 4.78 is 15.0. The molecule has 2 aromatic heterocycles. The van der Waals surface area contributed by atoms with E-state index < -0.39 is 5.92 Å². The number of nitrogens with zero attached hydrogens (tertiary/aromatic N) is 6. The van der Waals surface area contributed by atoms with E-state index in [0.717, 1.165) is 22.2 Å². The number of rotatable bonds is 3. The Bertz CT molecular complexity index is 1070. The Morgan fingerprint density at radius 1 is 1.10 bits per heavy atom. The molecule has 5 rings (SSSR count). The summed E-state index contributed by atoms with van der Waals surface area (Å²) in [5.41, 5.74) is 1.76. The number of halogens is 1. The molecule has 2 aliphatic heterocycles. The van der Waals surface area contributed by atoms with Crippen LogP contribution in [0.1, 0.15) is 18.0 Å². The zero-order valence-electron chi connectivity index (χ0n) is 16.5. The van der Waals surface area contributed by atoms with Crippen LogP contribution in [0.2, 0.25) is 0 Å². The lowest BCUT2D eigenvalue weighted by molar-refractivity contribution is -0.134. The number of anilines is 1. The van der Waals surface area contributed by atoms with Crippen LogP contribution in [-0.4, -0.2) is 57.5 Å². The van der Waals surface area contributed by atoms with E-state index in [0.29, 0.717) is 26.2 Å². The van der Waals surface area contributed by atoms with Crippen molar-refractivity contribution in [2.75, 3.05) is 31.1 Å². The van der Waals surface area contributed by atoms with Crippen molar-refractivity contribution in [2.24, 2.45) is 10.9 Å². The number of aromatic nitrogens is 3. The summed E-state index contributed by atoms with van der Waals surface area (Å²) in [4.78, 5) is 26.8. The van der Waals surface area contributed by atoms with E-state index in [1.807, 2.05) is 28.0 Å². The Labute approximate surface area is 177 Å². The van der Waals surface area contributed by atoms with Crippen molar-refractivity contribution in [2.45, 2.75) is 13.0 Å². The normalized spacial score (nSPS) is 21.3. The first-order valence-corrected chi connectivity index (χ1v) is 10.8. The van der Waals surface area contributed by atoms with Crippen LogP contribution >= 0.6 is 11.3 Å². The van der Waals surface area contributed by atoms with Crippen molar-refractivity contribution in [3.63, 3.8) is 0 Å². The molecule has 0 bridgehead atoms. The zero-order valence-corrected chi connectivity index (χ0v) is 17.3. The van der Waals surface area contributed by atoms with Gasteiger partial charge in [0.1, 0.15) is 22.8 Å². The fourth-order valence-corrected chi connectivity index (χ4v) is 4.96. The van der Waals surface area contributed by atoms with Crippen molar-refractivity contribution in [1.82, 2.24) is 19.7 Å². The third kappa shape index (κ3) is 3.28. The second-order valence-electron chi connectivity index (χ2n) is 7.47. The maximum atomic E-state index is 13.6. The first-order chi connectivity index (χ1) is 14.6. The zero-order chi connectivity index (χ0) is 20.7. The lowest BCUT2D eigenvalue weighted by atomic mass is 9.92. The van der Waals surface area contributed by atoms with Gasteiger partial charge in [0.2, 0.25) is 5.91 Å². The number of piperazine rings is 1. The van der Waals surface area contributed by atoms with E-state index >= 15 is 0 Å². The number of aliphatic imine (C=N–C) groups is 1. The number of thiazole rings is 1. The molecule has 1 amide bonds. The van der Waals surface area contributed by atoms with Crippen molar-refractivity contribution in [3.05, 3.63) is 58.9 Å². The summed E-state index contributed by atoms with van der Waals surface area (Å²) in [5.74, 6) is 0.126. The molecule has 30 heavy (non-hydrogen) atoms.